The lowest BCUT2D eigenvalue weighted by Gasteiger charge is -2.00. The molecule has 2 rings (SSSR count). The number of rotatable bonds is 1. The zero-order valence-corrected chi connectivity index (χ0v) is 7.08. The summed E-state index contributed by atoms with van der Waals surface area (Å²) >= 11 is 0. The first-order valence-corrected chi connectivity index (χ1v) is 4.16. The molecule has 0 radical (unpaired) electrons. The van der Waals surface area contributed by atoms with Gasteiger partial charge in [-0.3, -0.25) is 0 Å². The Morgan fingerprint density at radius 2 is 2.33 bits per heavy atom. The predicted octanol–water partition coefficient (Wildman–Crippen LogP) is 2.72. The van der Waals surface area contributed by atoms with E-state index >= 15 is 0 Å². The van der Waals surface area contributed by atoms with Crippen LogP contribution >= 0.6 is 0 Å². The Morgan fingerprint density at radius 3 is 2.92 bits per heavy atom. The van der Waals surface area contributed by atoms with E-state index < -0.39 is 0 Å². The minimum absolute atomic E-state index is 0.878. The van der Waals surface area contributed by atoms with Crippen molar-refractivity contribution in [3.63, 3.8) is 0 Å². The normalized spacial score (nSPS) is 16.2. The molecule has 2 heteroatoms. The summed E-state index contributed by atoms with van der Waals surface area (Å²) in [6.07, 6.45) is 8.67. The quantitative estimate of drug-likeness (QED) is 0.633. The van der Waals surface area contributed by atoms with Crippen molar-refractivity contribution >= 4 is 5.57 Å². The molecule has 0 spiro atoms. The average molecular weight is 161 g/mol. The third-order valence-corrected chi connectivity index (χ3v) is 1.91. The molecule has 0 aromatic carbocycles. The molecule has 0 amide bonds. The SMILES string of the molecule is Cc1cc(C2=CCCC=C2)on1. The minimum Gasteiger partial charge on any atom is -0.356 e. The van der Waals surface area contributed by atoms with Gasteiger partial charge in [-0.1, -0.05) is 23.4 Å². The van der Waals surface area contributed by atoms with E-state index in [0.29, 0.717) is 0 Å². The Labute approximate surface area is 71.6 Å². The summed E-state index contributed by atoms with van der Waals surface area (Å²) in [6, 6.07) is 1.96. The Hall–Kier alpha value is -1.31. The van der Waals surface area contributed by atoms with E-state index in [4.69, 9.17) is 4.52 Å². The summed E-state index contributed by atoms with van der Waals surface area (Å²) in [4.78, 5) is 0. The van der Waals surface area contributed by atoms with E-state index in [0.717, 1.165) is 29.9 Å². The molecule has 0 N–H and O–H groups in total. The highest BCUT2D eigenvalue weighted by Gasteiger charge is 2.05. The van der Waals surface area contributed by atoms with Crippen LogP contribution in [0.1, 0.15) is 24.3 Å². The van der Waals surface area contributed by atoms with Crippen LogP contribution in [0, 0.1) is 6.92 Å². The van der Waals surface area contributed by atoms with Crippen LogP contribution in [0.5, 0.6) is 0 Å². The first kappa shape index (κ1) is 7.35. The molecule has 1 aliphatic rings. The first-order valence-electron chi connectivity index (χ1n) is 4.16. The van der Waals surface area contributed by atoms with Crippen molar-refractivity contribution in [2.24, 2.45) is 0 Å². The van der Waals surface area contributed by atoms with Gasteiger partial charge in [-0.25, -0.2) is 0 Å². The van der Waals surface area contributed by atoms with Crippen molar-refractivity contribution in [2.75, 3.05) is 0 Å². The fraction of sp³-hybridized carbons (Fsp3) is 0.300. The molecule has 1 aromatic rings. The van der Waals surface area contributed by atoms with Gasteiger partial charge >= 0.3 is 0 Å². The molecular weight excluding hydrogens is 150 g/mol. The molecule has 1 aliphatic carbocycles. The summed E-state index contributed by atoms with van der Waals surface area (Å²) in [5.74, 6) is 0.878. The van der Waals surface area contributed by atoms with Gasteiger partial charge in [-0.15, -0.1) is 0 Å². The molecular formula is C10H11NO. The Morgan fingerprint density at radius 1 is 1.42 bits per heavy atom. The van der Waals surface area contributed by atoms with Gasteiger partial charge in [0.15, 0.2) is 5.76 Å². The fourth-order valence-corrected chi connectivity index (χ4v) is 1.30. The molecule has 0 bridgehead atoms. The van der Waals surface area contributed by atoms with Gasteiger partial charge in [0.1, 0.15) is 0 Å². The van der Waals surface area contributed by atoms with E-state index in [1.54, 1.807) is 0 Å². The van der Waals surface area contributed by atoms with Crippen molar-refractivity contribution in [1.82, 2.24) is 5.16 Å². The molecule has 2 nitrogen and oxygen atoms in total. The average Bonchev–Trinajstić information content (AvgIpc) is 2.54. The van der Waals surface area contributed by atoms with Crippen molar-refractivity contribution in [1.29, 1.82) is 0 Å². The van der Waals surface area contributed by atoms with Gasteiger partial charge in [-0.2, -0.15) is 0 Å². The number of aromatic nitrogens is 1. The standard InChI is InChI=1S/C10H11NO/c1-8-7-10(12-11-8)9-5-3-2-4-6-9/h3,5-7H,2,4H2,1H3. The lowest BCUT2D eigenvalue weighted by Crippen LogP contribution is -1.82. The molecule has 1 heterocycles. The maximum Gasteiger partial charge on any atom is 0.166 e. The van der Waals surface area contributed by atoms with E-state index in [1.165, 1.54) is 0 Å². The highest BCUT2D eigenvalue weighted by atomic mass is 16.5. The van der Waals surface area contributed by atoms with Crippen molar-refractivity contribution in [3.05, 3.63) is 35.7 Å². The van der Waals surface area contributed by atoms with Gasteiger partial charge in [0.25, 0.3) is 0 Å². The third kappa shape index (κ3) is 1.33. The van der Waals surface area contributed by atoms with Gasteiger partial charge in [-0.05, 0) is 19.8 Å². The third-order valence-electron chi connectivity index (χ3n) is 1.91. The highest BCUT2D eigenvalue weighted by molar-refractivity contribution is 5.71. The smallest absolute Gasteiger partial charge is 0.166 e. The highest BCUT2D eigenvalue weighted by Crippen LogP contribution is 2.21. The molecule has 0 saturated heterocycles. The fourth-order valence-electron chi connectivity index (χ4n) is 1.30. The van der Waals surface area contributed by atoms with Gasteiger partial charge in [0.2, 0.25) is 0 Å². The number of aryl methyl sites for hydroxylation is 1. The summed E-state index contributed by atoms with van der Waals surface area (Å²) < 4.78 is 5.13. The van der Waals surface area contributed by atoms with E-state index in [-0.39, 0.29) is 0 Å². The maximum atomic E-state index is 5.13. The van der Waals surface area contributed by atoms with Crippen LogP contribution in [0.2, 0.25) is 0 Å². The van der Waals surface area contributed by atoms with Gasteiger partial charge in [0.05, 0.1) is 5.69 Å². The molecule has 12 heavy (non-hydrogen) atoms. The van der Waals surface area contributed by atoms with Crippen LogP contribution < -0.4 is 0 Å². The monoisotopic (exact) mass is 161 g/mol. The molecule has 0 saturated carbocycles. The van der Waals surface area contributed by atoms with Crippen molar-refractivity contribution in [2.45, 2.75) is 19.8 Å². The van der Waals surface area contributed by atoms with Crippen LogP contribution in [-0.4, -0.2) is 5.16 Å². The first-order chi connectivity index (χ1) is 5.86. The summed E-state index contributed by atoms with van der Waals surface area (Å²) in [6.45, 7) is 1.93. The maximum absolute atomic E-state index is 5.13. The number of hydrogen-bond acceptors (Lipinski definition) is 2. The lowest BCUT2D eigenvalue weighted by molar-refractivity contribution is 0.406. The van der Waals surface area contributed by atoms with Crippen LogP contribution in [0.25, 0.3) is 5.57 Å². The lowest BCUT2D eigenvalue weighted by atomic mass is 10.1. The Kier molecular flexibility index (Phi) is 1.82. The van der Waals surface area contributed by atoms with E-state index in [1.807, 2.05) is 13.0 Å². The summed E-state index contributed by atoms with van der Waals surface area (Å²) in [7, 11) is 0. The second-order valence-electron chi connectivity index (χ2n) is 2.97. The second-order valence-corrected chi connectivity index (χ2v) is 2.97. The Bertz CT molecular complexity index is 333. The molecule has 0 atom stereocenters. The largest absolute Gasteiger partial charge is 0.356 e. The zero-order chi connectivity index (χ0) is 8.39. The van der Waals surface area contributed by atoms with Gasteiger partial charge in [0, 0.05) is 11.6 Å². The molecule has 1 aromatic heterocycles. The van der Waals surface area contributed by atoms with Crippen molar-refractivity contribution in [3.8, 4) is 0 Å². The Balaban J connectivity index is 2.30. The van der Waals surface area contributed by atoms with Crippen LogP contribution in [0.3, 0.4) is 0 Å². The molecule has 0 unspecified atom stereocenters. The van der Waals surface area contributed by atoms with E-state index in [2.05, 4.69) is 23.4 Å². The second kappa shape index (κ2) is 2.97. The predicted molar refractivity (Wildman–Crippen MR) is 47.6 cm³/mol. The summed E-state index contributed by atoms with van der Waals surface area (Å²) in [5, 5.41) is 3.84. The molecule has 0 fully saturated rings. The van der Waals surface area contributed by atoms with Crippen LogP contribution in [0.4, 0.5) is 0 Å². The molecule has 62 valence electrons. The zero-order valence-electron chi connectivity index (χ0n) is 7.08. The van der Waals surface area contributed by atoms with Crippen LogP contribution in [0.15, 0.2) is 28.8 Å². The van der Waals surface area contributed by atoms with E-state index in [9.17, 15) is 0 Å². The molecule has 0 aliphatic heterocycles. The van der Waals surface area contributed by atoms with Gasteiger partial charge < -0.3 is 4.52 Å². The summed E-state index contributed by atoms with van der Waals surface area (Å²) in [5.41, 5.74) is 2.09. The van der Waals surface area contributed by atoms with Crippen molar-refractivity contribution < 1.29 is 4.52 Å². The van der Waals surface area contributed by atoms with Crippen LogP contribution in [-0.2, 0) is 0 Å². The minimum atomic E-state index is 0.878. The topological polar surface area (TPSA) is 26.0 Å². The number of nitrogens with zero attached hydrogens (tertiary/aromatic N) is 1. The number of allylic oxidation sites excluding steroid dienone is 4. The number of hydrogen-bond donors (Lipinski definition) is 0.